The average molecular weight is 281 g/mol. The highest BCUT2D eigenvalue weighted by atomic mass is 19.1. The Kier molecular flexibility index (Phi) is 3.57. The Hall–Kier alpha value is -2.42. The quantitative estimate of drug-likeness (QED) is 0.816. The molecule has 0 unspecified atom stereocenters. The van der Waals surface area contributed by atoms with Crippen molar-refractivity contribution >= 4 is 17.2 Å². The van der Waals surface area contributed by atoms with Gasteiger partial charge in [0.15, 0.2) is 0 Å². The van der Waals surface area contributed by atoms with Crippen LogP contribution in [0.2, 0.25) is 0 Å². The van der Waals surface area contributed by atoms with E-state index in [0.717, 1.165) is 23.2 Å². The van der Waals surface area contributed by atoms with Crippen molar-refractivity contribution in [1.82, 2.24) is 0 Å². The summed E-state index contributed by atoms with van der Waals surface area (Å²) in [4.78, 5) is 14.4. The number of rotatable bonds is 2. The molecule has 2 aromatic carbocycles. The van der Waals surface area contributed by atoms with E-state index in [-0.39, 0.29) is 11.7 Å². The topological polar surface area (TPSA) is 20.3 Å². The van der Waals surface area contributed by atoms with Gasteiger partial charge in [0.1, 0.15) is 5.82 Å². The Labute approximate surface area is 123 Å². The molecule has 0 bridgehead atoms. The molecule has 21 heavy (non-hydrogen) atoms. The highest BCUT2D eigenvalue weighted by Gasteiger charge is 2.24. The van der Waals surface area contributed by atoms with Crippen molar-refractivity contribution in [2.24, 2.45) is 0 Å². The van der Waals surface area contributed by atoms with Gasteiger partial charge in [0.2, 0.25) is 0 Å². The molecule has 0 N–H and O–H groups in total. The Morgan fingerprint density at radius 3 is 2.33 bits per heavy atom. The highest BCUT2D eigenvalue weighted by molar-refractivity contribution is 6.26. The van der Waals surface area contributed by atoms with E-state index < -0.39 is 0 Å². The third-order valence-electron chi connectivity index (χ3n) is 3.68. The third-order valence-corrected chi connectivity index (χ3v) is 3.68. The van der Waals surface area contributed by atoms with Gasteiger partial charge in [-0.3, -0.25) is 4.79 Å². The second-order valence-electron chi connectivity index (χ2n) is 5.21. The van der Waals surface area contributed by atoms with Crippen LogP contribution in [0.3, 0.4) is 0 Å². The second-order valence-corrected chi connectivity index (χ2v) is 5.21. The van der Waals surface area contributed by atoms with Crippen LogP contribution in [0.1, 0.15) is 17.5 Å². The zero-order valence-corrected chi connectivity index (χ0v) is 11.8. The predicted octanol–water partition coefficient (Wildman–Crippen LogP) is 3.95. The van der Waals surface area contributed by atoms with Gasteiger partial charge in [-0.2, -0.15) is 0 Å². The SMILES string of the molecule is Cc1ccc(N2CCC=C(c3ccc(F)cc3)C2=O)cc1. The maximum atomic E-state index is 13.0. The molecule has 2 aromatic rings. The van der Waals surface area contributed by atoms with Crippen molar-refractivity contribution in [2.45, 2.75) is 13.3 Å². The van der Waals surface area contributed by atoms with Crippen LogP contribution in [-0.2, 0) is 4.79 Å². The Morgan fingerprint density at radius 1 is 1.00 bits per heavy atom. The molecule has 0 aliphatic carbocycles. The molecule has 0 saturated heterocycles. The highest BCUT2D eigenvalue weighted by Crippen LogP contribution is 2.27. The maximum absolute atomic E-state index is 13.0. The Bertz CT molecular complexity index is 686. The zero-order valence-electron chi connectivity index (χ0n) is 11.8. The van der Waals surface area contributed by atoms with Crippen LogP contribution in [0.5, 0.6) is 0 Å². The largest absolute Gasteiger partial charge is 0.308 e. The van der Waals surface area contributed by atoms with Gasteiger partial charge < -0.3 is 4.90 Å². The summed E-state index contributed by atoms with van der Waals surface area (Å²) < 4.78 is 13.0. The molecule has 0 spiro atoms. The first-order valence-electron chi connectivity index (χ1n) is 7.00. The fourth-order valence-electron chi connectivity index (χ4n) is 2.51. The lowest BCUT2D eigenvalue weighted by molar-refractivity contribution is -0.113. The van der Waals surface area contributed by atoms with E-state index in [1.165, 1.54) is 12.1 Å². The van der Waals surface area contributed by atoms with Gasteiger partial charge in [0.25, 0.3) is 5.91 Å². The van der Waals surface area contributed by atoms with Gasteiger partial charge in [-0.25, -0.2) is 4.39 Å². The minimum absolute atomic E-state index is 0.0308. The van der Waals surface area contributed by atoms with Crippen molar-refractivity contribution in [1.29, 1.82) is 0 Å². The van der Waals surface area contributed by atoms with E-state index in [9.17, 15) is 9.18 Å². The van der Waals surface area contributed by atoms with Gasteiger partial charge in [0, 0.05) is 17.8 Å². The summed E-state index contributed by atoms with van der Waals surface area (Å²) in [5, 5.41) is 0. The molecule has 3 heteroatoms. The number of halogens is 1. The lowest BCUT2D eigenvalue weighted by Crippen LogP contribution is -2.35. The van der Waals surface area contributed by atoms with E-state index in [1.807, 2.05) is 37.3 Å². The summed E-state index contributed by atoms with van der Waals surface area (Å²) >= 11 is 0. The first-order chi connectivity index (χ1) is 10.1. The monoisotopic (exact) mass is 281 g/mol. The number of carbonyl (C=O) groups is 1. The van der Waals surface area contributed by atoms with Crippen molar-refractivity contribution in [3.63, 3.8) is 0 Å². The van der Waals surface area contributed by atoms with Gasteiger partial charge in [0.05, 0.1) is 0 Å². The summed E-state index contributed by atoms with van der Waals surface area (Å²) in [6.45, 7) is 2.69. The zero-order chi connectivity index (χ0) is 14.8. The number of hydrogen-bond acceptors (Lipinski definition) is 1. The van der Waals surface area contributed by atoms with Gasteiger partial charge >= 0.3 is 0 Å². The van der Waals surface area contributed by atoms with Crippen LogP contribution in [-0.4, -0.2) is 12.5 Å². The first kappa shape index (κ1) is 13.6. The molecule has 1 amide bonds. The van der Waals surface area contributed by atoms with Crippen molar-refractivity contribution in [3.8, 4) is 0 Å². The van der Waals surface area contributed by atoms with Crippen molar-refractivity contribution < 1.29 is 9.18 Å². The molecule has 1 aliphatic heterocycles. The molecule has 1 heterocycles. The van der Waals surface area contributed by atoms with Crippen molar-refractivity contribution in [3.05, 3.63) is 71.6 Å². The number of benzene rings is 2. The Morgan fingerprint density at radius 2 is 1.67 bits per heavy atom. The van der Waals surface area contributed by atoms with Crippen LogP contribution >= 0.6 is 0 Å². The van der Waals surface area contributed by atoms with Crippen LogP contribution < -0.4 is 4.90 Å². The summed E-state index contributed by atoms with van der Waals surface area (Å²) in [6, 6.07) is 14.0. The van der Waals surface area contributed by atoms with Gasteiger partial charge in [-0.15, -0.1) is 0 Å². The normalized spacial score (nSPS) is 15.0. The molecule has 0 fully saturated rings. The lowest BCUT2D eigenvalue weighted by Gasteiger charge is -2.27. The Balaban J connectivity index is 1.91. The molecular formula is C18H16FNO. The van der Waals surface area contributed by atoms with Crippen LogP contribution in [0.25, 0.3) is 5.57 Å². The van der Waals surface area contributed by atoms with E-state index in [0.29, 0.717) is 12.1 Å². The number of anilines is 1. The minimum atomic E-state index is -0.294. The van der Waals surface area contributed by atoms with E-state index >= 15 is 0 Å². The van der Waals surface area contributed by atoms with Crippen LogP contribution in [0.15, 0.2) is 54.6 Å². The average Bonchev–Trinajstić information content (AvgIpc) is 2.50. The fourth-order valence-corrected chi connectivity index (χ4v) is 2.51. The summed E-state index contributed by atoms with van der Waals surface area (Å²) in [5.41, 5.74) is 3.47. The smallest absolute Gasteiger partial charge is 0.258 e. The molecule has 0 saturated carbocycles. The lowest BCUT2D eigenvalue weighted by atomic mass is 9.99. The number of carbonyl (C=O) groups excluding carboxylic acids is 1. The molecular weight excluding hydrogens is 265 g/mol. The van der Waals surface area contributed by atoms with Gasteiger partial charge in [-0.1, -0.05) is 35.9 Å². The van der Waals surface area contributed by atoms with E-state index in [2.05, 4.69) is 0 Å². The molecule has 1 aliphatic rings. The number of nitrogens with zero attached hydrogens (tertiary/aromatic N) is 1. The number of aryl methyl sites for hydroxylation is 1. The molecule has 2 nitrogen and oxygen atoms in total. The molecule has 0 atom stereocenters. The first-order valence-corrected chi connectivity index (χ1v) is 7.00. The van der Waals surface area contributed by atoms with Crippen LogP contribution in [0.4, 0.5) is 10.1 Å². The minimum Gasteiger partial charge on any atom is -0.308 e. The molecule has 3 rings (SSSR count). The summed E-state index contributed by atoms with van der Waals surface area (Å²) in [5.74, 6) is -0.324. The molecule has 0 radical (unpaired) electrons. The molecule has 0 aromatic heterocycles. The van der Waals surface area contributed by atoms with Crippen molar-refractivity contribution in [2.75, 3.05) is 11.4 Å². The molecule has 106 valence electrons. The van der Waals surface area contributed by atoms with E-state index in [4.69, 9.17) is 0 Å². The summed E-state index contributed by atoms with van der Waals surface area (Å²) in [6.07, 6.45) is 2.73. The summed E-state index contributed by atoms with van der Waals surface area (Å²) in [7, 11) is 0. The van der Waals surface area contributed by atoms with Crippen LogP contribution in [0, 0.1) is 12.7 Å². The standard InChI is InChI=1S/C18H16FNO/c1-13-4-10-16(11-5-13)20-12-2-3-17(18(20)21)14-6-8-15(19)9-7-14/h3-11H,2,12H2,1H3. The number of hydrogen-bond donors (Lipinski definition) is 0. The van der Waals surface area contributed by atoms with Gasteiger partial charge in [-0.05, 0) is 43.2 Å². The number of amides is 1. The second kappa shape index (κ2) is 5.52. The third kappa shape index (κ3) is 2.72. The fraction of sp³-hybridized carbons (Fsp3) is 0.167. The maximum Gasteiger partial charge on any atom is 0.258 e. The predicted molar refractivity (Wildman–Crippen MR) is 82.5 cm³/mol. The van der Waals surface area contributed by atoms with E-state index in [1.54, 1.807) is 17.0 Å².